The zero-order chi connectivity index (χ0) is 25.0. The second-order valence-corrected chi connectivity index (χ2v) is 9.23. The van der Waals surface area contributed by atoms with Crippen LogP contribution in [-0.4, -0.2) is 9.97 Å². The first kappa shape index (κ1) is 22.6. The molecule has 0 aliphatic heterocycles. The maximum Gasteiger partial charge on any atom is 0.160 e. The summed E-state index contributed by atoms with van der Waals surface area (Å²) in [6, 6.07) is 48.5. The molecule has 37 heavy (non-hydrogen) atoms. The molecule has 2 heteroatoms. The van der Waals surface area contributed by atoms with Crippen LogP contribution in [0.15, 0.2) is 140 Å². The van der Waals surface area contributed by atoms with E-state index < -0.39 is 0 Å². The van der Waals surface area contributed by atoms with E-state index in [1.807, 2.05) is 30.3 Å². The molecule has 6 rings (SSSR count). The lowest BCUT2D eigenvalue weighted by molar-refractivity contribution is 1.18. The zero-order valence-electron chi connectivity index (χ0n) is 20.7. The number of nitrogens with zero attached hydrogens (tertiary/aromatic N) is 2. The highest BCUT2D eigenvalue weighted by Crippen LogP contribution is 2.34. The lowest BCUT2D eigenvalue weighted by Crippen LogP contribution is -1.97. The topological polar surface area (TPSA) is 25.8 Å². The second kappa shape index (κ2) is 10.0. The van der Waals surface area contributed by atoms with Gasteiger partial charge in [-0.2, -0.15) is 0 Å². The highest BCUT2D eigenvalue weighted by molar-refractivity contribution is 5.81. The van der Waals surface area contributed by atoms with E-state index in [2.05, 4.69) is 116 Å². The van der Waals surface area contributed by atoms with Crippen molar-refractivity contribution in [1.82, 2.24) is 9.97 Å². The molecule has 0 atom stereocenters. The van der Waals surface area contributed by atoms with Gasteiger partial charge in [0, 0.05) is 16.7 Å². The minimum Gasteiger partial charge on any atom is -0.228 e. The molecule has 0 saturated carbocycles. The lowest BCUT2D eigenvalue weighted by atomic mass is 9.95. The van der Waals surface area contributed by atoms with Crippen LogP contribution in [0.3, 0.4) is 0 Å². The van der Waals surface area contributed by atoms with Gasteiger partial charge in [-0.25, -0.2) is 9.97 Å². The molecule has 0 aliphatic rings. The molecule has 2 nitrogen and oxygen atoms in total. The minimum absolute atomic E-state index is 0.716. The van der Waals surface area contributed by atoms with E-state index in [0.717, 1.165) is 39.2 Å². The summed E-state index contributed by atoms with van der Waals surface area (Å²) in [5.74, 6) is 0.716. The van der Waals surface area contributed by atoms with Gasteiger partial charge in [-0.1, -0.05) is 115 Å². The quantitative estimate of drug-likeness (QED) is 0.249. The van der Waals surface area contributed by atoms with E-state index >= 15 is 0 Å². The van der Waals surface area contributed by atoms with Gasteiger partial charge in [-0.15, -0.1) is 0 Å². The van der Waals surface area contributed by atoms with Gasteiger partial charge in [-0.05, 0) is 59.5 Å². The molecule has 176 valence electrons. The Morgan fingerprint density at radius 3 is 1.35 bits per heavy atom. The molecule has 0 saturated heterocycles. The van der Waals surface area contributed by atoms with Crippen molar-refractivity contribution in [3.05, 3.63) is 145 Å². The van der Waals surface area contributed by atoms with Gasteiger partial charge >= 0.3 is 0 Å². The first-order valence-corrected chi connectivity index (χ1v) is 12.5. The van der Waals surface area contributed by atoms with Crippen LogP contribution in [0.25, 0.3) is 56.2 Å². The van der Waals surface area contributed by atoms with Crippen molar-refractivity contribution in [1.29, 1.82) is 0 Å². The van der Waals surface area contributed by atoms with Crippen LogP contribution in [0.5, 0.6) is 0 Å². The van der Waals surface area contributed by atoms with Gasteiger partial charge in [0.15, 0.2) is 5.82 Å². The van der Waals surface area contributed by atoms with Crippen LogP contribution < -0.4 is 0 Å². The molecule has 0 bridgehead atoms. The summed E-state index contributed by atoms with van der Waals surface area (Å²) in [7, 11) is 0. The first-order valence-electron chi connectivity index (χ1n) is 12.5. The molecule has 6 aromatic rings. The highest BCUT2D eigenvalue weighted by atomic mass is 14.9. The van der Waals surface area contributed by atoms with E-state index in [9.17, 15) is 0 Å². The fourth-order valence-electron chi connectivity index (χ4n) is 4.64. The molecular weight excluding hydrogens is 448 g/mol. The number of hydrogen-bond acceptors (Lipinski definition) is 2. The van der Waals surface area contributed by atoms with Crippen LogP contribution >= 0.6 is 0 Å². The maximum atomic E-state index is 5.10. The van der Waals surface area contributed by atoms with Crippen molar-refractivity contribution < 1.29 is 0 Å². The van der Waals surface area contributed by atoms with Crippen molar-refractivity contribution >= 4 is 0 Å². The molecule has 5 aromatic carbocycles. The summed E-state index contributed by atoms with van der Waals surface area (Å²) in [4.78, 5) is 10.2. The minimum atomic E-state index is 0.716. The number of benzene rings is 5. The Kier molecular flexibility index (Phi) is 6.14. The predicted molar refractivity (Wildman–Crippen MR) is 154 cm³/mol. The van der Waals surface area contributed by atoms with Crippen molar-refractivity contribution in [3.63, 3.8) is 0 Å². The Bertz CT molecular complexity index is 1600. The standard InChI is InChI=1S/C35H26N2/c1-25-12-11-19-29(20-25)34-24-33(28-17-9-4-10-18-28)36-35(37-34)32-22-30(26-13-5-2-6-14-26)21-31(23-32)27-15-7-3-8-16-27/h2-24H,1H3. The number of aromatic nitrogens is 2. The Hall–Kier alpha value is -4.82. The highest BCUT2D eigenvalue weighted by Gasteiger charge is 2.13. The average Bonchev–Trinajstić information content (AvgIpc) is 2.98. The fraction of sp³-hybridized carbons (Fsp3) is 0.0286. The number of hydrogen-bond donors (Lipinski definition) is 0. The molecule has 0 spiro atoms. The van der Waals surface area contributed by atoms with E-state index in [0.29, 0.717) is 5.82 Å². The predicted octanol–water partition coefficient (Wildman–Crippen LogP) is 9.12. The lowest BCUT2D eigenvalue weighted by Gasteiger charge is -2.13. The summed E-state index contributed by atoms with van der Waals surface area (Å²) in [6.07, 6.45) is 0. The molecule has 0 radical (unpaired) electrons. The molecular formula is C35H26N2. The Balaban J connectivity index is 1.59. The third-order valence-corrected chi connectivity index (χ3v) is 6.51. The third kappa shape index (κ3) is 4.96. The van der Waals surface area contributed by atoms with Crippen LogP contribution in [0.2, 0.25) is 0 Å². The van der Waals surface area contributed by atoms with Crippen molar-refractivity contribution in [2.24, 2.45) is 0 Å². The Morgan fingerprint density at radius 1 is 0.351 bits per heavy atom. The van der Waals surface area contributed by atoms with Gasteiger partial charge < -0.3 is 0 Å². The van der Waals surface area contributed by atoms with Gasteiger partial charge in [0.05, 0.1) is 11.4 Å². The Morgan fingerprint density at radius 2 is 0.811 bits per heavy atom. The molecule has 0 unspecified atom stereocenters. The summed E-state index contributed by atoms with van der Waals surface area (Å²) in [6.45, 7) is 2.11. The number of aryl methyl sites for hydroxylation is 1. The van der Waals surface area contributed by atoms with Gasteiger partial charge in [-0.3, -0.25) is 0 Å². The van der Waals surface area contributed by atoms with Crippen LogP contribution in [0.1, 0.15) is 5.56 Å². The van der Waals surface area contributed by atoms with Gasteiger partial charge in [0.1, 0.15) is 0 Å². The molecule has 1 aromatic heterocycles. The third-order valence-electron chi connectivity index (χ3n) is 6.51. The molecule has 0 amide bonds. The SMILES string of the molecule is Cc1cccc(-c2cc(-c3ccccc3)nc(-c3cc(-c4ccccc4)cc(-c4ccccc4)c3)n2)c1. The van der Waals surface area contributed by atoms with E-state index in [1.54, 1.807) is 0 Å². The van der Waals surface area contributed by atoms with Gasteiger partial charge in [0.2, 0.25) is 0 Å². The van der Waals surface area contributed by atoms with Gasteiger partial charge in [0.25, 0.3) is 0 Å². The van der Waals surface area contributed by atoms with E-state index in [4.69, 9.17) is 9.97 Å². The van der Waals surface area contributed by atoms with Crippen molar-refractivity contribution in [3.8, 4) is 56.2 Å². The van der Waals surface area contributed by atoms with Crippen LogP contribution in [0.4, 0.5) is 0 Å². The summed E-state index contributed by atoms with van der Waals surface area (Å²) in [5, 5.41) is 0. The molecule has 1 heterocycles. The van der Waals surface area contributed by atoms with Crippen LogP contribution in [-0.2, 0) is 0 Å². The summed E-state index contributed by atoms with van der Waals surface area (Å²) in [5.41, 5.74) is 10.8. The smallest absolute Gasteiger partial charge is 0.160 e. The second-order valence-electron chi connectivity index (χ2n) is 9.23. The normalized spacial score (nSPS) is 10.8. The number of rotatable bonds is 5. The van der Waals surface area contributed by atoms with E-state index in [-0.39, 0.29) is 0 Å². The summed E-state index contributed by atoms with van der Waals surface area (Å²) < 4.78 is 0. The molecule has 0 fully saturated rings. The maximum absolute atomic E-state index is 5.10. The molecule has 0 aliphatic carbocycles. The monoisotopic (exact) mass is 474 g/mol. The van der Waals surface area contributed by atoms with E-state index in [1.165, 1.54) is 16.7 Å². The zero-order valence-corrected chi connectivity index (χ0v) is 20.7. The fourth-order valence-corrected chi connectivity index (χ4v) is 4.64. The largest absolute Gasteiger partial charge is 0.228 e. The van der Waals surface area contributed by atoms with Crippen molar-refractivity contribution in [2.45, 2.75) is 6.92 Å². The average molecular weight is 475 g/mol. The Labute approximate surface area is 218 Å². The summed E-state index contributed by atoms with van der Waals surface area (Å²) >= 11 is 0. The van der Waals surface area contributed by atoms with Crippen LogP contribution in [0, 0.1) is 6.92 Å². The first-order chi connectivity index (χ1) is 18.2. The van der Waals surface area contributed by atoms with Crippen molar-refractivity contribution in [2.75, 3.05) is 0 Å². The molecule has 0 N–H and O–H groups in total.